The van der Waals surface area contributed by atoms with Crippen LogP contribution in [0.15, 0.2) is 48.8 Å². The smallest absolute Gasteiger partial charge is 0.223 e. The lowest BCUT2D eigenvalue weighted by atomic mass is 10.00. The fourth-order valence-electron chi connectivity index (χ4n) is 5.26. The second-order valence-corrected chi connectivity index (χ2v) is 10.8. The highest BCUT2D eigenvalue weighted by Crippen LogP contribution is 2.34. The topological polar surface area (TPSA) is 89.7 Å². The quantitative estimate of drug-likeness (QED) is 0.195. The number of aromatic amines is 2. The molecule has 0 aliphatic carbocycles. The molecule has 1 atom stereocenters. The second-order valence-electron chi connectivity index (χ2n) is 10.8. The van der Waals surface area contributed by atoms with Crippen molar-refractivity contribution in [3.8, 4) is 33.6 Å². The van der Waals surface area contributed by atoms with Gasteiger partial charge >= 0.3 is 0 Å². The summed E-state index contributed by atoms with van der Waals surface area (Å²) in [6.07, 6.45) is 6.51. The van der Waals surface area contributed by atoms with Gasteiger partial charge in [-0.3, -0.25) is 4.79 Å². The van der Waals surface area contributed by atoms with Crippen molar-refractivity contribution < 1.29 is 13.6 Å². The number of H-pyrrole nitrogens is 2. The number of imidazole rings is 2. The molecule has 1 aliphatic heterocycles. The zero-order chi connectivity index (χ0) is 28.2. The van der Waals surface area contributed by atoms with E-state index in [9.17, 15) is 4.79 Å². The Morgan fingerprint density at radius 1 is 1.02 bits per heavy atom. The van der Waals surface area contributed by atoms with Crippen molar-refractivity contribution in [1.82, 2.24) is 30.2 Å². The number of likely N-dealkylation sites (tertiary alicyclic amines) is 1. The molecule has 3 heterocycles. The van der Waals surface area contributed by atoms with Crippen LogP contribution in [0.1, 0.15) is 64.1 Å². The van der Waals surface area contributed by atoms with Crippen molar-refractivity contribution in [2.45, 2.75) is 59.0 Å². The van der Waals surface area contributed by atoms with E-state index in [1.807, 2.05) is 18.7 Å². The fraction of sp³-hybridized carbons (Fsp3) is 0.387. The zero-order valence-corrected chi connectivity index (χ0v) is 23.2. The van der Waals surface area contributed by atoms with Gasteiger partial charge in [0.25, 0.3) is 0 Å². The van der Waals surface area contributed by atoms with Crippen LogP contribution >= 0.6 is 0 Å². The first kappa shape index (κ1) is 27.7. The molecule has 0 unspecified atom stereocenters. The maximum atomic E-state index is 15.3. The van der Waals surface area contributed by atoms with Crippen molar-refractivity contribution in [2.75, 3.05) is 13.1 Å². The normalized spacial score (nSPS) is 15.3. The van der Waals surface area contributed by atoms with Gasteiger partial charge in [-0.05, 0) is 67.1 Å². The molecule has 0 bridgehead atoms. The van der Waals surface area contributed by atoms with Crippen LogP contribution in [0.4, 0.5) is 8.78 Å². The number of rotatable bonds is 10. The van der Waals surface area contributed by atoms with E-state index < -0.39 is 11.6 Å². The van der Waals surface area contributed by atoms with Gasteiger partial charge in [0.1, 0.15) is 23.3 Å². The summed E-state index contributed by atoms with van der Waals surface area (Å²) in [6, 6.07) is 9.61. The van der Waals surface area contributed by atoms with Gasteiger partial charge in [-0.25, -0.2) is 18.7 Å². The van der Waals surface area contributed by atoms with Gasteiger partial charge in [0.2, 0.25) is 5.91 Å². The maximum absolute atomic E-state index is 15.3. The van der Waals surface area contributed by atoms with E-state index in [0.717, 1.165) is 31.6 Å². The van der Waals surface area contributed by atoms with E-state index in [1.165, 1.54) is 12.1 Å². The van der Waals surface area contributed by atoms with Gasteiger partial charge in [0, 0.05) is 24.1 Å². The van der Waals surface area contributed by atoms with Gasteiger partial charge in [0.15, 0.2) is 0 Å². The number of carbonyl (C=O) groups is 1. The Balaban J connectivity index is 1.31. The monoisotopic (exact) mass is 546 g/mol. The third-order valence-electron chi connectivity index (χ3n) is 7.27. The lowest BCUT2D eigenvalue weighted by Gasteiger charge is -2.24. The zero-order valence-electron chi connectivity index (χ0n) is 23.2. The molecule has 40 heavy (non-hydrogen) atoms. The molecule has 0 saturated carbocycles. The molecule has 2 aromatic carbocycles. The summed E-state index contributed by atoms with van der Waals surface area (Å²) in [5, 5.41) is 3.27. The Morgan fingerprint density at radius 3 is 2.30 bits per heavy atom. The van der Waals surface area contributed by atoms with Crippen molar-refractivity contribution in [2.24, 2.45) is 5.92 Å². The summed E-state index contributed by atoms with van der Waals surface area (Å²) in [5.74, 6) is 0.984. The highest BCUT2D eigenvalue weighted by Gasteiger charge is 2.32. The van der Waals surface area contributed by atoms with Crippen LogP contribution in [0.2, 0.25) is 0 Å². The first-order chi connectivity index (χ1) is 19.3. The van der Waals surface area contributed by atoms with Gasteiger partial charge in [0.05, 0.1) is 36.4 Å². The van der Waals surface area contributed by atoms with E-state index in [2.05, 4.69) is 32.2 Å². The van der Waals surface area contributed by atoms with E-state index in [1.54, 1.807) is 36.7 Å². The van der Waals surface area contributed by atoms with Crippen LogP contribution in [-0.2, 0) is 11.3 Å². The molecule has 3 N–H and O–H groups in total. The molecule has 210 valence electrons. The first-order valence-corrected chi connectivity index (χ1v) is 14.0. The summed E-state index contributed by atoms with van der Waals surface area (Å²) in [4.78, 5) is 29.8. The van der Waals surface area contributed by atoms with Gasteiger partial charge in [-0.2, -0.15) is 0 Å². The van der Waals surface area contributed by atoms with Crippen LogP contribution < -0.4 is 5.32 Å². The highest BCUT2D eigenvalue weighted by molar-refractivity contribution is 5.77. The minimum Gasteiger partial charge on any atom is -0.341 e. The summed E-state index contributed by atoms with van der Waals surface area (Å²) in [5.41, 5.74) is 3.08. The number of nitrogens with one attached hydrogen (secondary N) is 3. The predicted octanol–water partition coefficient (Wildman–Crippen LogP) is 6.62. The molecule has 1 amide bonds. The maximum Gasteiger partial charge on any atom is 0.223 e. The molecule has 0 spiro atoms. The fourth-order valence-corrected chi connectivity index (χ4v) is 5.26. The van der Waals surface area contributed by atoms with E-state index in [4.69, 9.17) is 0 Å². The molecule has 1 saturated heterocycles. The Labute approximate surface area is 233 Å². The Kier molecular flexibility index (Phi) is 8.40. The Morgan fingerprint density at radius 2 is 1.68 bits per heavy atom. The number of benzene rings is 2. The molecule has 1 aliphatic rings. The highest BCUT2D eigenvalue weighted by atomic mass is 19.1. The van der Waals surface area contributed by atoms with Crippen LogP contribution in [0, 0.1) is 17.6 Å². The van der Waals surface area contributed by atoms with Gasteiger partial charge in [-0.15, -0.1) is 0 Å². The molecule has 7 nitrogen and oxygen atoms in total. The third kappa shape index (κ3) is 5.99. The molecule has 4 aromatic rings. The average molecular weight is 547 g/mol. The molecule has 1 fully saturated rings. The van der Waals surface area contributed by atoms with Crippen molar-refractivity contribution in [3.05, 3.63) is 72.1 Å². The molecule has 5 rings (SSSR count). The van der Waals surface area contributed by atoms with Gasteiger partial charge in [-0.1, -0.05) is 32.9 Å². The standard InChI is InChI=1S/C31H36F2N6O/c1-4-11-34-18-29-35-16-26(37-29)22-9-7-20(14-24(22)32)21-8-10-23(25(33)15-21)27-17-36-31(38-27)28-6-5-12-39(28)30(40)13-19(2)3/h7-10,14-17,19,28,34H,4-6,11-13,18H2,1-3H3,(H,35,37)(H,36,38)/t28-/m0/s1. The number of hydrogen-bond acceptors (Lipinski definition) is 4. The predicted molar refractivity (Wildman–Crippen MR) is 152 cm³/mol. The molecule has 2 aromatic heterocycles. The van der Waals surface area contributed by atoms with Crippen LogP contribution in [0.5, 0.6) is 0 Å². The third-order valence-corrected chi connectivity index (χ3v) is 7.27. The average Bonchev–Trinajstić information content (AvgIpc) is 3.69. The second kappa shape index (κ2) is 12.1. The van der Waals surface area contributed by atoms with Crippen LogP contribution in [0.3, 0.4) is 0 Å². The van der Waals surface area contributed by atoms with Crippen LogP contribution in [0.25, 0.3) is 33.6 Å². The number of aromatic nitrogens is 4. The Bertz CT molecular complexity index is 1480. The summed E-state index contributed by atoms with van der Waals surface area (Å²) in [7, 11) is 0. The molecular formula is C31H36F2N6O. The number of nitrogens with zero attached hydrogens (tertiary/aromatic N) is 3. The van der Waals surface area contributed by atoms with Crippen molar-refractivity contribution in [3.63, 3.8) is 0 Å². The van der Waals surface area contributed by atoms with Crippen LogP contribution in [-0.4, -0.2) is 43.8 Å². The van der Waals surface area contributed by atoms with Gasteiger partial charge < -0.3 is 20.2 Å². The largest absolute Gasteiger partial charge is 0.341 e. The Hall–Kier alpha value is -3.85. The first-order valence-electron chi connectivity index (χ1n) is 14.0. The SMILES string of the molecule is CCCNCc1ncc(-c2ccc(-c3ccc(-c4cnc([C@@H]5CCCN5C(=O)CC(C)C)[nH]4)c(F)c3)cc2F)[nH]1. The molecular weight excluding hydrogens is 510 g/mol. The minimum atomic E-state index is -0.436. The minimum absolute atomic E-state index is 0.123. The number of amides is 1. The van der Waals surface area contributed by atoms with E-state index >= 15 is 8.78 Å². The number of hydrogen-bond donors (Lipinski definition) is 3. The number of halogens is 2. The lowest BCUT2D eigenvalue weighted by molar-refractivity contribution is -0.133. The molecule has 0 radical (unpaired) electrons. The summed E-state index contributed by atoms with van der Waals surface area (Å²) < 4.78 is 30.4. The van der Waals surface area contributed by atoms with Crippen molar-refractivity contribution >= 4 is 5.91 Å². The summed E-state index contributed by atoms with van der Waals surface area (Å²) in [6.45, 7) is 8.34. The summed E-state index contributed by atoms with van der Waals surface area (Å²) >= 11 is 0. The van der Waals surface area contributed by atoms with E-state index in [-0.39, 0.29) is 17.9 Å². The molecule has 9 heteroatoms. The number of carbonyl (C=O) groups excluding carboxylic acids is 1. The lowest BCUT2D eigenvalue weighted by Crippen LogP contribution is -2.31. The van der Waals surface area contributed by atoms with E-state index in [0.29, 0.717) is 59.0 Å². The van der Waals surface area contributed by atoms with Crippen molar-refractivity contribution in [1.29, 1.82) is 0 Å².